The molecule has 3 rings (SSSR count). The van der Waals surface area contributed by atoms with Gasteiger partial charge in [0.2, 0.25) is 17.7 Å². The highest BCUT2D eigenvalue weighted by molar-refractivity contribution is 8.00. The third-order valence-corrected chi connectivity index (χ3v) is 5.85. The van der Waals surface area contributed by atoms with Gasteiger partial charge in [-0.05, 0) is 36.4 Å². The van der Waals surface area contributed by atoms with E-state index in [2.05, 4.69) is 5.32 Å². The Morgan fingerprint density at radius 2 is 1.70 bits per heavy atom. The Labute approximate surface area is 185 Å². The number of benzene rings is 2. The van der Waals surface area contributed by atoms with Crippen molar-refractivity contribution >= 4 is 70.0 Å². The molecular formula is C20H14Cl2N2O5S. The summed E-state index contributed by atoms with van der Waals surface area (Å²) in [6.45, 7) is 0. The predicted molar refractivity (Wildman–Crippen MR) is 115 cm³/mol. The van der Waals surface area contributed by atoms with E-state index in [4.69, 9.17) is 28.3 Å². The fourth-order valence-corrected chi connectivity index (χ4v) is 4.37. The Balaban J connectivity index is 1.68. The van der Waals surface area contributed by atoms with Crippen molar-refractivity contribution in [3.63, 3.8) is 0 Å². The average molecular weight is 465 g/mol. The van der Waals surface area contributed by atoms with Crippen LogP contribution < -0.4 is 10.2 Å². The first-order valence-corrected chi connectivity index (χ1v) is 10.2. The smallest absolute Gasteiger partial charge is 0.328 e. The number of para-hydroxylation sites is 1. The number of carbonyl (C=O) groups is 4. The molecule has 1 fully saturated rings. The number of rotatable bonds is 6. The number of amides is 3. The van der Waals surface area contributed by atoms with E-state index in [0.29, 0.717) is 10.6 Å². The van der Waals surface area contributed by atoms with E-state index < -0.39 is 23.0 Å². The lowest BCUT2D eigenvalue weighted by molar-refractivity contribution is -0.131. The summed E-state index contributed by atoms with van der Waals surface area (Å²) < 4.78 is 0. The number of halogens is 2. The lowest BCUT2D eigenvalue weighted by Crippen LogP contribution is -2.31. The molecule has 1 atom stereocenters. The van der Waals surface area contributed by atoms with Crippen LogP contribution in [0.15, 0.2) is 59.5 Å². The molecule has 2 aromatic rings. The normalized spacial score (nSPS) is 16.3. The molecule has 30 heavy (non-hydrogen) atoms. The Morgan fingerprint density at radius 3 is 2.30 bits per heavy atom. The third-order valence-electron chi connectivity index (χ3n) is 4.04. The molecule has 0 aromatic heterocycles. The van der Waals surface area contributed by atoms with Gasteiger partial charge in [0.1, 0.15) is 0 Å². The van der Waals surface area contributed by atoms with Crippen molar-refractivity contribution in [3.05, 3.63) is 64.7 Å². The number of anilines is 2. The zero-order chi connectivity index (χ0) is 21.8. The molecule has 0 aliphatic carbocycles. The summed E-state index contributed by atoms with van der Waals surface area (Å²) in [5.74, 6) is -2.60. The maximum absolute atomic E-state index is 12.8. The Bertz CT molecular complexity index is 1040. The average Bonchev–Trinajstić information content (AvgIpc) is 2.95. The molecule has 2 aromatic carbocycles. The molecule has 1 heterocycles. The van der Waals surface area contributed by atoms with Crippen LogP contribution in [0.5, 0.6) is 0 Å². The van der Waals surface area contributed by atoms with Crippen LogP contribution in [0.2, 0.25) is 10.0 Å². The van der Waals surface area contributed by atoms with Crippen LogP contribution in [0.4, 0.5) is 11.4 Å². The van der Waals surface area contributed by atoms with Gasteiger partial charge in [0.25, 0.3) is 0 Å². The largest absolute Gasteiger partial charge is 0.478 e. The molecule has 154 valence electrons. The van der Waals surface area contributed by atoms with Crippen LogP contribution in [0, 0.1) is 0 Å². The van der Waals surface area contributed by atoms with Gasteiger partial charge in [0.05, 0.1) is 21.0 Å². The first kappa shape index (κ1) is 21.9. The molecule has 0 radical (unpaired) electrons. The van der Waals surface area contributed by atoms with Crippen molar-refractivity contribution in [3.8, 4) is 0 Å². The highest BCUT2D eigenvalue weighted by Crippen LogP contribution is 2.40. The molecule has 7 nitrogen and oxygen atoms in total. The molecule has 0 bridgehead atoms. The summed E-state index contributed by atoms with van der Waals surface area (Å²) in [5.41, 5.74) is 0.643. The molecule has 2 N–H and O–H groups in total. The first-order chi connectivity index (χ1) is 14.3. The maximum atomic E-state index is 12.8. The van der Waals surface area contributed by atoms with Crippen molar-refractivity contribution in [2.75, 3.05) is 10.2 Å². The second kappa shape index (κ2) is 9.34. The zero-order valence-corrected chi connectivity index (χ0v) is 17.5. The van der Waals surface area contributed by atoms with Crippen molar-refractivity contribution in [2.45, 2.75) is 16.6 Å². The quantitative estimate of drug-likeness (QED) is 0.494. The van der Waals surface area contributed by atoms with Gasteiger partial charge < -0.3 is 10.4 Å². The van der Waals surface area contributed by atoms with Gasteiger partial charge in [0.15, 0.2) is 0 Å². The van der Waals surface area contributed by atoms with E-state index in [9.17, 15) is 19.2 Å². The minimum absolute atomic E-state index is 0.00349. The van der Waals surface area contributed by atoms with Crippen LogP contribution in [-0.2, 0) is 19.2 Å². The minimum atomic E-state index is -1.22. The third kappa shape index (κ3) is 5.02. The molecule has 1 aliphatic heterocycles. The van der Waals surface area contributed by atoms with Gasteiger partial charge >= 0.3 is 5.97 Å². The van der Waals surface area contributed by atoms with Crippen molar-refractivity contribution in [1.29, 1.82) is 0 Å². The van der Waals surface area contributed by atoms with E-state index in [0.717, 1.165) is 17.1 Å². The molecule has 1 aliphatic rings. The number of thioether (sulfide) groups is 1. The Kier molecular flexibility index (Phi) is 6.81. The van der Waals surface area contributed by atoms with Crippen molar-refractivity contribution < 1.29 is 24.3 Å². The van der Waals surface area contributed by atoms with Crippen molar-refractivity contribution in [1.82, 2.24) is 0 Å². The van der Waals surface area contributed by atoms with Crippen LogP contribution in [0.1, 0.15) is 6.42 Å². The highest BCUT2D eigenvalue weighted by Gasteiger charge is 2.41. The molecule has 10 heteroatoms. The molecular weight excluding hydrogens is 451 g/mol. The summed E-state index contributed by atoms with van der Waals surface area (Å²) in [6, 6.07) is 11.3. The Morgan fingerprint density at radius 1 is 1.07 bits per heavy atom. The van der Waals surface area contributed by atoms with Crippen LogP contribution in [0.3, 0.4) is 0 Å². The van der Waals surface area contributed by atoms with Gasteiger partial charge in [-0.1, -0.05) is 29.3 Å². The maximum Gasteiger partial charge on any atom is 0.328 e. The van der Waals surface area contributed by atoms with Gasteiger partial charge in [-0.3, -0.25) is 14.4 Å². The molecule has 0 spiro atoms. The molecule has 3 amide bonds. The van der Waals surface area contributed by atoms with E-state index >= 15 is 0 Å². The lowest BCUT2D eigenvalue weighted by Gasteiger charge is -2.17. The number of carboxylic acids is 1. The van der Waals surface area contributed by atoms with Gasteiger partial charge in [0, 0.05) is 29.2 Å². The van der Waals surface area contributed by atoms with E-state index in [1.807, 2.05) is 0 Å². The molecule has 0 saturated carbocycles. The standard InChI is InChI=1S/C20H14Cl2N2O5S/c21-13-2-1-3-14(22)19(13)24-17(26)10-15(20(24)29)30-12-6-4-11(5-7-12)23-16(25)8-9-18(27)28/h1-9,15H,10H2,(H,23,25)(H,27,28). The van der Waals surface area contributed by atoms with Crippen LogP contribution in [0.25, 0.3) is 0 Å². The van der Waals surface area contributed by atoms with Gasteiger partial charge in [-0.25, -0.2) is 9.69 Å². The number of carbonyl (C=O) groups excluding carboxylic acids is 3. The summed E-state index contributed by atoms with van der Waals surface area (Å²) >= 11 is 13.5. The van der Waals surface area contributed by atoms with Gasteiger partial charge in [-0.2, -0.15) is 0 Å². The number of hydrogen-bond donors (Lipinski definition) is 2. The fourth-order valence-electron chi connectivity index (χ4n) is 2.75. The van der Waals surface area contributed by atoms with Crippen LogP contribution in [-0.4, -0.2) is 34.0 Å². The van der Waals surface area contributed by atoms with Crippen LogP contribution >= 0.6 is 35.0 Å². The molecule has 1 unspecified atom stereocenters. The number of hydrogen-bond acceptors (Lipinski definition) is 5. The van der Waals surface area contributed by atoms with E-state index in [-0.39, 0.29) is 28.1 Å². The highest BCUT2D eigenvalue weighted by atomic mass is 35.5. The minimum Gasteiger partial charge on any atom is -0.478 e. The SMILES string of the molecule is O=C(O)C=CC(=O)Nc1ccc(SC2CC(=O)N(c3c(Cl)cccc3Cl)C2=O)cc1. The summed E-state index contributed by atoms with van der Waals surface area (Å²) in [4.78, 5) is 49.0. The zero-order valence-electron chi connectivity index (χ0n) is 15.2. The van der Waals surface area contributed by atoms with E-state index in [1.165, 1.54) is 11.8 Å². The topological polar surface area (TPSA) is 104 Å². The number of nitrogens with one attached hydrogen (secondary N) is 1. The number of carboxylic acid groups (broad SMARTS) is 1. The van der Waals surface area contributed by atoms with Crippen molar-refractivity contribution in [2.24, 2.45) is 0 Å². The fraction of sp³-hybridized carbons (Fsp3) is 0.100. The van der Waals surface area contributed by atoms with Gasteiger partial charge in [-0.15, -0.1) is 11.8 Å². The van der Waals surface area contributed by atoms with E-state index in [1.54, 1.807) is 42.5 Å². The first-order valence-electron chi connectivity index (χ1n) is 8.56. The lowest BCUT2D eigenvalue weighted by atomic mass is 10.3. The number of nitrogens with zero attached hydrogens (tertiary/aromatic N) is 1. The summed E-state index contributed by atoms with van der Waals surface area (Å²) in [5, 5.41) is 10.8. The second-order valence-corrected chi connectivity index (χ2v) is 8.22. The summed E-state index contributed by atoms with van der Waals surface area (Å²) in [7, 11) is 0. The second-order valence-electron chi connectivity index (χ2n) is 6.13. The monoisotopic (exact) mass is 464 g/mol. The summed E-state index contributed by atoms with van der Waals surface area (Å²) in [6.07, 6.45) is 1.64. The number of imide groups is 1. The molecule has 1 saturated heterocycles. The number of aliphatic carboxylic acids is 1. The predicted octanol–water partition coefficient (Wildman–Crippen LogP) is 4.00. The Hall–Kier alpha value is -2.81.